The van der Waals surface area contributed by atoms with Crippen molar-refractivity contribution in [2.45, 2.75) is 24.2 Å². The lowest BCUT2D eigenvalue weighted by atomic mass is 9.87. The lowest BCUT2D eigenvalue weighted by Crippen LogP contribution is -2.33. The van der Waals surface area contributed by atoms with Gasteiger partial charge >= 0.3 is 0 Å². The standard InChI is InChI=1S/C21H22N2O4S/c1-13-6-8-14(9-7-13)16-12-23(2)21(25)18(16)20(24)22-17-5-3-4-15-10-11-28(26,27)19(15)17/h3-9,16,18H,10-12H2,1-2H3,(H,22,24)/t16-,18+/m1/s1. The molecule has 2 aromatic carbocycles. The van der Waals surface area contributed by atoms with E-state index in [9.17, 15) is 18.0 Å². The van der Waals surface area contributed by atoms with Crippen LogP contribution >= 0.6 is 0 Å². The van der Waals surface area contributed by atoms with E-state index in [2.05, 4.69) is 5.32 Å². The monoisotopic (exact) mass is 398 g/mol. The first-order valence-electron chi connectivity index (χ1n) is 9.25. The summed E-state index contributed by atoms with van der Waals surface area (Å²) in [5.41, 5.74) is 3.01. The molecule has 2 aliphatic rings. The molecule has 2 aromatic rings. The summed E-state index contributed by atoms with van der Waals surface area (Å²) in [5.74, 6) is -1.82. The predicted octanol–water partition coefficient (Wildman–Crippen LogP) is 2.14. The first-order chi connectivity index (χ1) is 13.3. The number of aryl methyl sites for hydroxylation is 2. The quantitative estimate of drug-likeness (QED) is 0.803. The summed E-state index contributed by atoms with van der Waals surface area (Å²) in [6.45, 7) is 2.43. The molecule has 1 fully saturated rings. The maximum Gasteiger partial charge on any atom is 0.237 e. The number of likely N-dealkylation sites (N-methyl/N-ethyl adjacent to an activating group) is 1. The highest BCUT2D eigenvalue weighted by atomic mass is 32.2. The summed E-state index contributed by atoms with van der Waals surface area (Å²) in [4.78, 5) is 27.5. The van der Waals surface area contributed by atoms with Gasteiger partial charge in [-0.25, -0.2) is 8.42 Å². The number of benzene rings is 2. The van der Waals surface area contributed by atoms with Crippen LogP contribution in [0.5, 0.6) is 0 Å². The molecule has 1 N–H and O–H groups in total. The number of hydrogen-bond donors (Lipinski definition) is 1. The minimum atomic E-state index is -3.41. The van der Waals surface area contributed by atoms with E-state index in [1.807, 2.05) is 31.2 Å². The molecule has 2 heterocycles. The molecule has 4 rings (SSSR count). The van der Waals surface area contributed by atoms with Crippen molar-refractivity contribution >= 4 is 27.3 Å². The van der Waals surface area contributed by atoms with E-state index in [1.54, 1.807) is 30.1 Å². The van der Waals surface area contributed by atoms with Crippen LogP contribution in [0.25, 0.3) is 0 Å². The second kappa shape index (κ2) is 6.74. The first kappa shape index (κ1) is 18.7. The Kier molecular flexibility index (Phi) is 4.50. The Labute approximate surface area is 164 Å². The van der Waals surface area contributed by atoms with Crippen molar-refractivity contribution in [3.63, 3.8) is 0 Å². The second-order valence-electron chi connectivity index (χ2n) is 7.57. The van der Waals surface area contributed by atoms with Gasteiger partial charge in [-0.1, -0.05) is 42.0 Å². The number of rotatable bonds is 3. The van der Waals surface area contributed by atoms with Crippen molar-refractivity contribution < 1.29 is 18.0 Å². The summed E-state index contributed by atoms with van der Waals surface area (Å²) in [5, 5.41) is 2.74. The molecule has 0 unspecified atom stereocenters. The summed E-state index contributed by atoms with van der Waals surface area (Å²) < 4.78 is 24.8. The van der Waals surface area contributed by atoms with Gasteiger partial charge in [-0.15, -0.1) is 0 Å². The van der Waals surface area contributed by atoms with Crippen molar-refractivity contribution in [2.75, 3.05) is 24.7 Å². The van der Waals surface area contributed by atoms with Crippen LogP contribution in [0.1, 0.15) is 22.6 Å². The van der Waals surface area contributed by atoms with Gasteiger partial charge in [0, 0.05) is 19.5 Å². The highest BCUT2D eigenvalue weighted by Crippen LogP contribution is 2.36. The van der Waals surface area contributed by atoms with Crippen LogP contribution in [-0.4, -0.2) is 44.5 Å². The number of nitrogens with zero attached hydrogens (tertiary/aromatic N) is 1. The van der Waals surface area contributed by atoms with Crippen LogP contribution in [0.15, 0.2) is 47.4 Å². The summed E-state index contributed by atoms with van der Waals surface area (Å²) in [6, 6.07) is 12.9. The van der Waals surface area contributed by atoms with Gasteiger partial charge in [0.25, 0.3) is 0 Å². The van der Waals surface area contributed by atoms with Gasteiger partial charge in [-0.2, -0.15) is 0 Å². The van der Waals surface area contributed by atoms with Gasteiger partial charge in [0.15, 0.2) is 9.84 Å². The summed E-state index contributed by atoms with van der Waals surface area (Å²) in [7, 11) is -1.73. The van der Waals surface area contributed by atoms with Gasteiger partial charge in [0.2, 0.25) is 11.8 Å². The van der Waals surface area contributed by atoms with Crippen molar-refractivity contribution in [1.29, 1.82) is 0 Å². The molecule has 2 amide bonds. The fraction of sp³-hybridized carbons (Fsp3) is 0.333. The van der Waals surface area contributed by atoms with Gasteiger partial charge in [0.05, 0.1) is 16.3 Å². The molecular weight excluding hydrogens is 376 g/mol. The number of sulfone groups is 1. The molecule has 0 bridgehead atoms. The number of nitrogens with one attached hydrogen (secondary N) is 1. The number of anilines is 1. The predicted molar refractivity (Wildman–Crippen MR) is 106 cm³/mol. The Morgan fingerprint density at radius 1 is 1.14 bits per heavy atom. The van der Waals surface area contributed by atoms with E-state index >= 15 is 0 Å². The zero-order valence-corrected chi connectivity index (χ0v) is 16.6. The van der Waals surface area contributed by atoms with Crippen LogP contribution < -0.4 is 5.32 Å². The Balaban J connectivity index is 1.66. The normalized spacial score (nSPS) is 22.9. The van der Waals surface area contributed by atoms with Gasteiger partial charge in [0.1, 0.15) is 5.92 Å². The van der Waals surface area contributed by atoms with Crippen molar-refractivity contribution in [3.8, 4) is 0 Å². The summed E-state index contributed by atoms with van der Waals surface area (Å²) >= 11 is 0. The molecule has 6 nitrogen and oxygen atoms in total. The molecule has 0 aliphatic carbocycles. The molecule has 28 heavy (non-hydrogen) atoms. The minimum Gasteiger partial charge on any atom is -0.344 e. The second-order valence-corrected chi connectivity index (χ2v) is 9.61. The smallest absolute Gasteiger partial charge is 0.237 e. The third-order valence-electron chi connectivity index (χ3n) is 5.61. The van der Waals surface area contributed by atoms with Crippen molar-refractivity contribution in [3.05, 3.63) is 59.2 Å². The Hall–Kier alpha value is -2.67. The van der Waals surface area contributed by atoms with Crippen molar-refractivity contribution in [1.82, 2.24) is 4.90 Å². The zero-order chi connectivity index (χ0) is 20.1. The third-order valence-corrected chi connectivity index (χ3v) is 7.45. The Bertz CT molecular complexity index is 1060. The number of carbonyl (C=O) groups is 2. The van der Waals surface area contributed by atoms with E-state index in [0.717, 1.165) is 11.1 Å². The molecule has 146 valence electrons. The highest BCUT2D eigenvalue weighted by Gasteiger charge is 2.44. The number of amides is 2. The minimum absolute atomic E-state index is 0.0479. The molecule has 2 atom stereocenters. The number of hydrogen-bond acceptors (Lipinski definition) is 4. The fourth-order valence-electron chi connectivity index (χ4n) is 4.11. The van der Waals surface area contributed by atoms with E-state index in [0.29, 0.717) is 18.5 Å². The molecule has 2 aliphatic heterocycles. The SMILES string of the molecule is Cc1ccc([C@H]2CN(C)C(=O)[C@@H]2C(=O)Nc2cccc3c2S(=O)(=O)CC3)cc1. The van der Waals surface area contributed by atoms with E-state index in [4.69, 9.17) is 0 Å². The molecule has 7 heteroatoms. The number of carbonyl (C=O) groups excluding carboxylic acids is 2. The van der Waals surface area contributed by atoms with Crippen LogP contribution in [0.4, 0.5) is 5.69 Å². The van der Waals surface area contributed by atoms with E-state index in [-0.39, 0.29) is 28.2 Å². The average molecular weight is 398 g/mol. The lowest BCUT2D eigenvalue weighted by Gasteiger charge is -2.18. The first-order valence-corrected chi connectivity index (χ1v) is 10.9. The molecule has 0 radical (unpaired) electrons. The average Bonchev–Trinajstić information content (AvgIpc) is 3.13. The number of likely N-dealkylation sites (tertiary alicyclic amines) is 1. The topological polar surface area (TPSA) is 83.6 Å². The largest absolute Gasteiger partial charge is 0.344 e. The lowest BCUT2D eigenvalue weighted by molar-refractivity contribution is -0.135. The van der Waals surface area contributed by atoms with Crippen LogP contribution in [0.2, 0.25) is 0 Å². The summed E-state index contributed by atoms with van der Waals surface area (Å²) in [6.07, 6.45) is 0.443. The van der Waals surface area contributed by atoms with E-state index in [1.165, 1.54) is 0 Å². The molecule has 0 spiro atoms. The molecule has 0 saturated carbocycles. The van der Waals surface area contributed by atoms with Gasteiger partial charge < -0.3 is 10.2 Å². The maximum absolute atomic E-state index is 13.1. The van der Waals surface area contributed by atoms with Gasteiger partial charge in [-0.05, 0) is 30.5 Å². The van der Waals surface area contributed by atoms with Crippen LogP contribution in [0, 0.1) is 12.8 Å². The third kappa shape index (κ3) is 3.09. The van der Waals surface area contributed by atoms with Crippen molar-refractivity contribution in [2.24, 2.45) is 5.92 Å². The fourth-order valence-corrected chi connectivity index (χ4v) is 5.83. The number of fused-ring (bicyclic) bond motifs is 1. The Morgan fingerprint density at radius 3 is 2.57 bits per heavy atom. The molecular formula is C21H22N2O4S. The Morgan fingerprint density at radius 2 is 1.86 bits per heavy atom. The molecule has 0 aromatic heterocycles. The maximum atomic E-state index is 13.1. The van der Waals surface area contributed by atoms with Crippen LogP contribution in [0.3, 0.4) is 0 Å². The highest BCUT2D eigenvalue weighted by molar-refractivity contribution is 7.91. The van der Waals surface area contributed by atoms with Crippen LogP contribution in [-0.2, 0) is 25.8 Å². The zero-order valence-electron chi connectivity index (χ0n) is 15.8. The molecule has 1 saturated heterocycles. The van der Waals surface area contributed by atoms with Gasteiger partial charge in [-0.3, -0.25) is 9.59 Å². The van der Waals surface area contributed by atoms with E-state index < -0.39 is 21.7 Å².